The van der Waals surface area contributed by atoms with E-state index in [9.17, 15) is 0 Å². The fourth-order valence-electron chi connectivity index (χ4n) is 2.46. The van der Waals surface area contributed by atoms with Crippen molar-refractivity contribution < 1.29 is 0 Å². The minimum atomic E-state index is -0.137. The number of hydrogen-bond donors (Lipinski definition) is 1. The summed E-state index contributed by atoms with van der Waals surface area (Å²) in [7, 11) is 4.47. The van der Waals surface area contributed by atoms with Crippen molar-refractivity contribution >= 4 is 0 Å². The van der Waals surface area contributed by atoms with Gasteiger partial charge in [-0.2, -0.15) is 0 Å². The molecule has 1 rings (SSSR count). The van der Waals surface area contributed by atoms with Crippen LogP contribution in [0.2, 0.25) is 0 Å². The Bertz CT molecular complexity index is 242. The van der Waals surface area contributed by atoms with E-state index in [0.29, 0.717) is 6.04 Å². The third kappa shape index (κ3) is 3.94. The van der Waals surface area contributed by atoms with Crippen LogP contribution in [0.5, 0.6) is 0 Å². The second-order valence-corrected chi connectivity index (χ2v) is 7.08. The molecule has 1 atom stereocenters. The van der Waals surface area contributed by atoms with Gasteiger partial charge in [-0.25, -0.2) is 0 Å². The molecule has 1 aliphatic rings. The monoisotopic (exact) mass is 241 g/mol. The third-order valence-electron chi connectivity index (χ3n) is 4.61. The van der Waals surface area contributed by atoms with Gasteiger partial charge in [0.05, 0.1) is 0 Å². The lowest BCUT2D eigenvalue weighted by Gasteiger charge is -2.44. The van der Waals surface area contributed by atoms with Crippen molar-refractivity contribution in [1.29, 1.82) is 0 Å². The number of hydrogen-bond acceptors (Lipinski definition) is 3. The zero-order valence-corrected chi connectivity index (χ0v) is 12.6. The standard InChI is InChI=1S/C14H31N3/c1-13(2,14(3,4)15)11-17(6)12-8-7-9-16(5)10-12/h12H,7-11,15H2,1-6H3. The number of likely N-dealkylation sites (tertiary alicyclic amines) is 1. The molecule has 0 aliphatic carbocycles. The topological polar surface area (TPSA) is 32.5 Å². The molecule has 0 aromatic heterocycles. The lowest BCUT2D eigenvalue weighted by Crippen LogP contribution is -2.55. The quantitative estimate of drug-likeness (QED) is 0.814. The maximum Gasteiger partial charge on any atom is 0.0220 e. The molecule has 1 saturated heterocycles. The molecule has 1 unspecified atom stereocenters. The highest BCUT2D eigenvalue weighted by atomic mass is 15.2. The Morgan fingerprint density at radius 2 is 1.88 bits per heavy atom. The first-order valence-corrected chi connectivity index (χ1v) is 6.81. The first kappa shape index (κ1) is 14.9. The summed E-state index contributed by atoms with van der Waals surface area (Å²) in [6, 6.07) is 0.690. The zero-order valence-electron chi connectivity index (χ0n) is 12.6. The van der Waals surface area contributed by atoms with Gasteiger partial charge < -0.3 is 15.5 Å². The van der Waals surface area contributed by atoms with Crippen LogP contribution in [0.15, 0.2) is 0 Å². The fraction of sp³-hybridized carbons (Fsp3) is 1.00. The Morgan fingerprint density at radius 3 is 2.35 bits per heavy atom. The van der Waals surface area contributed by atoms with E-state index in [0.717, 1.165) is 6.54 Å². The van der Waals surface area contributed by atoms with Crippen LogP contribution in [0.3, 0.4) is 0 Å². The second-order valence-electron chi connectivity index (χ2n) is 7.08. The summed E-state index contributed by atoms with van der Waals surface area (Å²) in [4.78, 5) is 4.94. The summed E-state index contributed by atoms with van der Waals surface area (Å²) in [6.07, 6.45) is 2.64. The normalized spacial score (nSPS) is 24.4. The smallest absolute Gasteiger partial charge is 0.0220 e. The molecule has 3 heteroatoms. The van der Waals surface area contributed by atoms with Gasteiger partial charge in [0.2, 0.25) is 0 Å². The van der Waals surface area contributed by atoms with Gasteiger partial charge in [0.25, 0.3) is 0 Å². The summed E-state index contributed by atoms with van der Waals surface area (Å²) in [5.41, 5.74) is 6.28. The number of nitrogens with zero attached hydrogens (tertiary/aromatic N) is 2. The highest BCUT2D eigenvalue weighted by molar-refractivity contribution is 4.93. The molecular formula is C14H31N3. The SMILES string of the molecule is CN1CCCC(N(C)CC(C)(C)C(C)(C)N)C1. The zero-order chi connectivity index (χ0) is 13.3. The molecule has 0 saturated carbocycles. The maximum atomic E-state index is 6.28. The van der Waals surface area contributed by atoms with Gasteiger partial charge in [-0.3, -0.25) is 0 Å². The first-order chi connectivity index (χ1) is 7.63. The Morgan fingerprint density at radius 1 is 1.29 bits per heavy atom. The number of piperidine rings is 1. The molecule has 0 bridgehead atoms. The van der Waals surface area contributed by atoms with Crippen LogP contribution in [0.4, 0.5) is 0 Å². The average molecular weight is 241 g/mol. The fourth-order valence-corrected chi connectivity index (χ4v) is 2.46. The minimum absolute atomic E-state index is 0.137. The molecule has 1 aliphatic heterocycles. The van der Waals surface area contributed by atoms with E-state index in [2.05, 4.69) is 51.6 Å². The van der Waals surface area contributed by atoms with Gasteiger partial charge in [-0.15, -0.1) is 0 Å². The van der Waals surface area contributed by atoms with Crippen molar-refractivity contribution in [3.63, 3.8) is 0 Å². The lowest BCUT2D eigenvalue weighted by atomic mass is 9.74. The largest absolute Gasteiger partial charge is 0.325 e. The summed E-state index contributed by atoms with van der Waals surface area (Å²) >= 11 is 0. The van der Waals surface area contributed by atoms with Gasteiger partial charge in [0.15, 0.2) is 0 Å². The van der Waals surface area contributed by atoms with E-state index in [-0.39, 0.29) is 11.0 Å². The molecule has 0 aromatic rings. The Balaban J connectivity index is 2.56. The van der Waals surface area contributed by atoms with Crippen LogP contribution in [-0.2, 0) is 0 Å². The highest BCUT2D eigenvalue weighted by Gasteiger charge is 2.36. The van der Waals surface area contributed by atoms with Gasteiger partial charge in [-0.1, -0.05) is 13.8 Å². The summed E-state index contributed by atoms with van der Waals surface area (Å²) in [6.45, 7) is 12.3. The molecule has 1 heterocycles. The third-order valence-corrected chi connectivity index (χ3v) is 4.61. The minimum Gasteiger partial charge on any atom is -0.325 e. The van der Waals surface area contributed by atoms with E-state index < -0.39 is 0 Å². The Hall–Kier alpha value is -0.120. The van der Waals surface area contributed by atoms with E-state index in [4.69, 9.17) is 5.73 Å². The Kier molecular flexibility index (Phi) is 4.61. The predicted molar refractivity (Wildman–Crippen MR) is 75.2 cm³/mol. The van der Waals surface area contributed by atoms with Crippen molar-refractivity contribution in [1.82, 2.24) is 9.80 Å². The Labute approximate surface area is 107 Å². The molecule has 0 radical (unpaired) electrons. The molecule has 1 fully saturated rings. The first-order valence-electron chi connectivity index (χ1n) is 6.81. The van der Waals surface area contributed by atoms with E-state index >= 15 is 0 Å². The van der Waals surface area contributed by atoms with Crippen molar-refractivity contribution in [3.8, 4) is 0 Å². The van der Waals surface area contributed by atoms with E-state index in [1.807, 2.05) is 0 Å². The highest BCUT2D eigenvalue weighted by Crippen LogP contribution is 2.30. The van der Waals surface area contributed by atoms with Crippen molar-refractivity contribution in [2.45, 2.75) is 52.1 Å². The van der Waals surface area contributed by atoms with Gasteiger partial charge in [0.1, 0.15) is 0 Å². The van der Waals surface area contributed by atoms with Crippen LogP contribution in [0.1, 0.15) is 40.5 Å². The van der Waals surface area contributed by atoms with Crippen LogP contribution < -0.4 is 5.73 Å². The van der Waals surface area contributed by atoms with Crippen LogP contribution >= 0.6 is 0 Å². The van der Waals surface area contributed by atoms with Crippen molar-refractivity contribution in [2.75, 3.05) is 33.7 Å². The van der Waals surface area contributed by atoms with Gasteiger partial charge >= 0.3 is 0 Å². The predicted octanol–water partition coefficient (Wildman–Crippen LogP) is 1.78. The molecule has 3 nitrogen and oxygen atoms in total. The number of likely N-dealkylation sites (N-methyl/N-ethyl adjacent to an activating group) is 2. The lowest BCUT2D eigenvalue weighted by molar-refractivity contribution is 0.0699. The molecule has 0 amide bonds. The van der Waals surface area contributed by atoms with Crippen molar-refractivity contribution in [2.24, 2.45) is 11.1 Å². The number of rotatable bonds is 4. The summed E-state index contributed by atoms with van der Waals surface area (Å²) in [5.74, 6) is 0. The second kappa shape index (κ2) is 5.25. The van der Waals surface area contributed by atoms with Gasteiger partial charge in [-0.05, 0) is 52.7 Å². The molecular weight excluding hydrogens is 210 g/mol. The van der Waals surface area contributed by atoms with Crippen LogP contribution in [0.25, 0.3) is 0 Å². The van der Waals surface area contributed by atoms with Gasteiger partial charge in [0, 0.05) is 24.7 Å². The molecule has 17 heavy (non-hydrogen) atoms. The van der Waals surface area contributed by atoms with Crippen LogP contribution in [0, 0.1) is 5.41 Å². The average Bonchev–Trinajstić information content (AvgIpc) is 2.15. The molecule has 2 N–H and O–H groups in total. The number of nitrogens with two attached hydrogens (primary N) is 1. The van der Waals surface area contributed by atoms with Crippen molar-refractivity contribution in [3.05, 3.63) is 0 Å². The van der Waals surface area contributed by atoms with E-state index in [1.165, 1.54) is 25.9 Å². The summed E-state index contributed by atoms with van der Waals surface area (Å²) < 4.78 is 0. The molecule has 102 valence electrons. The maximum absolute atomic E-state index is 6.28. The molecule has 0 spiro atoms. The van der Waals surface area contributed by atoms with Crippen LogP contribution in [-0.4, -0.2) is 55.1 Å². The molecule has 0 aromatic carbocycles. The van der Waals surface area contributed by atoms with E-state index in [1.54, 1.807) is 0 Å². The summed E-state index contributed by atoms with van der Waals surface area (Å²) in [5, 5.41) is 0.